The molecule has 0 aliphatic heterocycles. The lowest BCUT2D eigenvalue weighted by atomic mass is 10.0. The van der Waals surface area contributed by atoms with Crippen molar-refractivity contribution in [2.24, 2.45) is 0 Å². The number of hydrogen-bond acceptors (Lipinski definition) is 8. The van der Waals surface area contributed by atoms with Gasteiger partial charge in [-0.25, -0.2) is 4.98 Å². The van der Waals surface area contributed by atoms with Crippen LogP contribution in [0.3, 0.4) is 0 Å². The van der Waals surface area contributed by atoms with Crippen molar-refractivity contribution in [2.45, 2.75) is 0 Å². The number of nitrogens with one attached hydrogen (secondary N) is 2. The minimum Gasteiger partial charge on any atom is -0.493 e. The summed E-state index contributed by atoms with van der Waals surface area (Å²) in [7, 11) is 3.22. The van der Waals surface area contributed by atoms with E-state index in [1.165, 1.54) is 0 Å². The van der Waals surface area contributed by atoms with Crippen LogP contribution in [0, 0.1) is 0 Å². The second-order valence-corrected chi connectivity index (χ2v) is 8.96. The maximum atomic E-state index is 6.42. The third-order valence-corrected chi connectivity index (χ3v) is 6.51. The molecule has 0 unspecified atom stereocenters. The van der Waals surface area contributed by atoms with Crippen LogP contribution in [0.4, 0.5) is 28.6 Å². The lowest BCUT2D eigenvalue weighted by Gasteiger charge is -2.15. The summed E-state index contributed by atoms with van der Waals surface area (Å²) in [4.78, 5) is 13.7. The molecule has 0 spiro atoms. The Hall–Kier alpha value is -5.37. The van der Waals surface area contributed by atoms with Crippen molar-refractivity contribution in [1.29, 1.82) is 0 Å². The predicted molar refractivity (Wildman–Crippen MR) is 157 cm³/mol. The van der Waals surface area contributed by atoms with E-state index in [1.807, 2.05) is 78.9 Å². The molecule has 0 bridgehead atoms. The highest BCUT2D eigenvalue weighted by atomic mass is 16.5. The summed E-state index contributed by atoms with van der Waals surface area (Å²) in [5, 5.41) is 9.53. The van der Waals surface area contributed by atoms with E-state index < -0.39 is 0 Å². The summed E-state index contributed by atoms with van der Waals surface area (Å²) >= 11 is 0. The van der Waals surface area contributed by atoms with Crippen LogP contribution in [0.15, 0.2) is 97.5 Å². The first-order valence-electron chi connectivity index (χ1n) is 12.4. The number of nitrogen functional groups attached to an aromatic ring is 1. The van der Waals surface area contributed by atoms with Crippen LogP contribution < -0.4 is 25.8 Å². The Morgan fingerprint density at radius 1 is 0.667 bits per heavy atom. The van der Waals surface area contributed by atoms with E-state index in [-0.39, 0.29) is 0 Å². The number of para-hydroxylation sites is 3. The standard InChI is InChI=1S/C31H26N6O2/c1-38-29-14-23-22-13-27(37-31(32)24(22)18-34-28(23)15-30(29)39-2)19-12-21(17-33-16-19)36-26-11-7-6-10-25(26)35-20-8-4-3-5-9-20/h3-18,35-36H,1-2H3,(H2,32,37). The van der Waals surface area contributed by atoms with E-state index in [4.69, 9.17) is 15.2 Å². The monoisotopic (exact) mass is 514 g/mol. The van der Waals surface area contributed by atoms with E-state index in [1.54, 1.807) is 32.8 Å². The minimum absolute atomic E-state index is 0.391. The van der Waals surface area contributed by atoms with Crippen LogP contribution in [0.1, 0.15) is 0 Å². The van der Waals surface area contributed by atoms with Gasteiger partial charge in [-0.15, -0.1) is 0 Å². The Balaban J connectivity index is 1.39. The Kier molecular flexibility index (Phi) is 6.26. The van der Waals surface area contributed by atoms with Gasteiger partial charge >= 0.3 is 0 Å². The van der Waals surface area contributed by atoms with Gasteiger partial charge in [-0.2, -0.15) is 0 Å². The molecule has 6 aromatic rings. The van der Waals surface area contributed by atoms with E-state index in [0.717, 1.165) is 50.0 Å². The molecule has 4 N–H and O–H groups in total. The lowest BCUT2D eigenvalue weighted by molar-refractivity contribution is 0.356. The molecule has 0 aliphatic rings. The smallest absolute Gasteiger partial charge is 0.162 e. The van der Waals surface area contributed by atoms with E-state index in [0.29, 0.717) is 23.0 Å². The predicted octanol–water partition coefficient (Wildman–Crippen LogP) is 6.93. The Labute approximate surface area is 225 Å². The molecule has 0 fully saturated rings. The quantitative estimate of drug-likeness (QED) is 0.197. The van der Waals surface area contributed by atoms with Gasteiger partial charge in [-0.1, -0.05) is 30.3 Å². The number of aromatic nitrogens is 3. The van der Waals surface area contributed by atoms with Crippen molar-refractivity contribution in [1.82, 2.24) is 15.0 Å². The number of pyridine rings is 3. The van der Waals surface area contributed by atoms with Crippen LogP contribution in [-0.2, 0) is 0 Å². The molecule has 39 heavy (non-hydrogen) atoms. The molecular weight excluding hydrogens is 488 g/mol. The molecule has 0 radical (unpaired) electrons. The molecule has 0 aliphatic carbocycles. The van der Waals surface area contributed by atoms with Gasteiger partial charge in [0.05, 0.1) is 48.7 Å². The van der Waals surface area contributed by atoms with Crippen LogP contribution in [0.25, 0.3) is 32.9 Å². The summed E-state index contributed by atoms with van der Waals surface area (Å²) in [5.41, 5.74) is 12.4. The van der Waals surface area contributed by atoms with Gasteiger partial charge in [0.25, 0.3) is 0 Å². The SMILES string of the molecule is COc1cc2ncc3c(N)nc(-c4cncc(Nc5ccccc5Nc5ccccc5)c4)cc3c2cc1OC. The zero-order chi connectivity index (χ0) is 26.8. The summed E-state index contributed by atoms with van der Waals surface area (Å²) in [6.07, 6.45) is 5.30. The van der Waals surface area contributed by atoms with Gasteiger partial charge in [-0.3, -0.25) is 9.97 Å². The first-order chi connectivity index (χ1) is 19.1. The molecule has 0 saturated carbocycles. The summed E-state index contributed by atoms with van der Waals surface area (Å²) in [6.45, 7) is 0. The maximum absolute atomic E-state index is 6.42. The lowest BCUT2D eigenvalue weighted by Crippen LogP contribution is -1.99. The minimum atomic E-state index is 0.391. The van der Waals surface area contributed by atoms with E-state index in [2.05, 4.69) is 25.6 Å². The molecule has 8 heteroatoms. The fourth-order valence-electron chi connectivity index (χ4n) is 4.59. The average Bonchev–Trinajstić information content (AvgIpc) is 2.98. The first-order valence-corrected chi connectivity index (χ1v) is 12.4. The molecular formula is C31H26N6O2. The van der Waals surface area contributed by atoms with Crippen molar-refractivity contribution in [3.8, 4) is 22.8 Å². The second kappa shape index (κ2) is 10.2. The Morgan fingerprint density at radius 2 is 1.36 bits per heavy atom. The number of methoxy groups -OCH3 is 2. The number of benzene rings is 3. The van der Waals surface area contributed by atoms with Gasteiger partial charge in [0.15, 0.2) is 11.5 Å². The highest BCUT2D eigenvalue weighted by molar-refractivity contribution is 6.10. The van der Waals surface area contributed by atoms with Crippen LogP contribution >= 0.6 is 0 Å². The van der Waals surface area contributed by atoms with Crippen LogP contribution in [0.5, 0.6) is 11.5 Å². The third-order valence-electron chi connectivity index (χ3n) is 6.51. The highest BCUT2D eigenvalue weighted by Gasteiger charge is 2.14. The zero-order valence-electron chi connectivity index (χ0n) is 21.5. The number of rotatable bonds is 7. The Morgan fingerprint density at radius 3 is 2.10 bits per heavy atom. The van der Waals surface area contributed by atoms with Crippen LogP contribution in [-0.4, -0.2) is 29.2 Å². The van der Waals surface area contributed by atoms with Gasteiger partial charge in [0.2, 0.25) is 0 Å². The number of fused-ring (bicyclic) bond motifs is 3. The van der Waals surface area contributed by atoms with Crippen LogP contribution in [0.2, 0.25) is 0 Å². The summed E-state index contributed by atoms with van der Waals surface area (Å²) < 4.78 is 11.0. The summed E-state index contributed by atoms with van der Waals surface area (Å²) in [6, 6.07) is 25.9. The topological polar surface area (TPSA) is 107 Å². The molecule has 0 saturated heterocycles. The molecule has 8 nitrogen and oxygen atoms in total. The zero-order valence-corrected chi connectivity index (χ0v) is 21.5. The fourth-order valence-corrected chi connectivity index (χ4v) is 4.59. The molecule has 0 amide bonds. The second-order valence-electron chi connectivity index (χ2n) is 8.96. The molecule has 6 rings (SSSR count). The molecule has 3 heterocycles. The van der Waals surface area contributed by atoms with Gasteiger partial charge in [-0.05, 0) is 47.9 Å². The maximum Gasteiger partial charge on any atom is 0.162 e. The summed E-state index contributed by atoms with van der Waals surface area (Å²) in [5.74, 6) is 1.62. The van der Waals surface area contributed by atoms with Gasteiger partial charge < -0.3 is 25.8 Å². The largest absolute Gasteiger partial charge is 0.493 e. The third kappa shape index (κ3) is 4.71. The van der Waals surface area contributed by atoms with Crippen molar-refractivity contribution < 1.29 is 9.47 Å². The first kappa shape index (κ1) is 24.0. The van der Waals surface area contributed by atoms with E-state index in [9.17, 15) is 0 Å². The van der Waals surface area contributed by atoms with Crippen molar-refractivity contribution in [2.75, 3.05) is 30.6 Å². The number of nitrogens with two attached hydrogens (primary N) is 1. The highest BCUT2D eigenvalue weighted by Crippen LogP contribution is 2.37. The molecule has 3 aromatic heterocycles. The number of anilines is 5. The fraction of sp³-hybridized carbons (Fsp3) is 0.0645. The van der Waals surface area contributed by atoms with Crippen molar-refractivity contribution >= 4 is 50.2 Å². The average molecular weight is 515 g/mol. The molecule has 3 aromatic carbocycles. The number of hydrogen-bond donors (Lipinski definition) is 3. The van der Waals surface area contributed by atoms with E-state index >= 15 is 0 Å². The molecule has 0 atom stereocenters. The van der Waals surface area contributed by atoms with Crippen molar-refractivity contribution in [3.05, 3.63) is 97.5 Å². The Bertz CT molecular complexity index is 1810. The van der Waals surface area contributed by atoms with Gasteiger partial charge in [0.1, 0.15) is 5.82 Å². The normalized spacial score (nSPS) is 10.9. The molecule has 192 valence electrons. The number of nitrogens with zero attached hydrogens (tertiary/aromatic N) is 3. The van der Waals surface area contributed by atoms with Crippen molar-refractivity contribution in [3.63, 3.8) is 0 Å². The van der Waals surface area contributed by atoms with Gasteiger partial charge in [0, 0.05) is 40.5 Å². The number of ether oxygens (including phenoxy) is 2.